The Kier molecular flexibility index (Phi) is 6.71. The Balaban J connectivity index is 1.33. The minimum atomic E-state index is -0.845. The number of piperidine rings is 1. The van der Waals surface area contributed by atoms with Crippen molar-refractivity contribution in [1.29, 1.82) is 0 Å². The summed E-state index contributed by atoms with van der Waals surface area (Å²) < 4.78 is 5.31. The van der Waals surface area contributed by atoms with E-state index in [1.165, 1.54) is 6.42 Å². The number of methoxy groups -OCH3 is 1. The van der Waals surface area contributed by atoms with Crippen molar-refractivity contribution in [3.05, 3.63) is 59.7 Å². The van der Waals surface area contributed by atoms with Crippen LogP contribution in [0.15, 0.2) is 48.5 Å². The summed E-state index contributed by atoms with van der Waals surface area (Å²) in [5.41, 5.74) is 1.37. The average Bonchev–Trinajstić information content (AvgIpc) is 3.22. The molecular weight excluding hydrogens is 456 g/mol. The standard InChI is InChI=1S/C28H34N4O4/c1-28-15-14-26(34)32(28)23-9-5-4-8-22(23)27(35)31(28)19-25(33)29-18-24(30-16-6-3-7-17-30)20-10-12-21(36-2)13-11-20/h4-5,8-13,24H,3,6-7,14-19H2,1-2H3,(H,29,33). The van der Waals surface area contributed by atoms with Crippen LogP contribution in [-0.2, 0) is 9.59 Å². The Hall–Kier alpha value is -3.39. The maximum Gasteiger partial charge on any atom is 0.258 e. The van der Waals surface area contributed by atoms with Gasteiger partial charge in [0, 0.05) is 13.0 Å². The van der Waals surface area contributed by atoms with E-state index >= 15 is 0 Å². The lowest BCUT2D eigenvalue weighted by Crippen LogP contribution is -2.64. The van der Waals surface area contributed by atoms with Gasteiger partial charge in [-0.3, -0.25) is 24.2 Å². The summed E-state index contributed by atoms with van der Waals surface area (Å²) in [4.78, 5) is 45.2. The molecule has 0 bridgehead atoms. The van der Waals surface area contributed by atoms with E-state index in [-0.39, 0.29) is 30.3 Å². The molecule has 5 rings (SSSR count). The van der Waals surface area contributed by atoms with E-state index in [1.807, 2.05) is 31.2 Å². The number of benzene rings is 2. The predicted octanol–water partition coefficient (Wildman–Crippen LogP) is 3.34. The maximum absolute atomic E-state index is 13.5. The van der Waals surface area contributed by atoms with E-state index in [1.54, 1.807) is 29.0 Å². The second-order valence-electron chi connectivity index (χ2n) is 10.0. The number of nitrogens with one attached hydrogen (secondary N) is 1. The Bertz CT molecular complexity index is 1140. The fraction of sp³-hybridized carbons (Fsp3) is 0.464. The molecule has 3 aliphatic heterocycles. The van der Waals surface area contributed by atoms with Crippen LogP contribution < -0.4 is 15.0 Å². The van der Waals surface area contributed by atoms with E-state index in [0.717, 1.165) is 37.2 Å². The minimum Gasteiger partial charge on any atom is -0.497 e. The van der Waals surface area contributed by atoms with E-state index in [0.29, 0.717) is 30.6 Å². The molecule has 2 unspecified atom stereocenters. The zero-order chi connectivity index (χ0) is 25.3. The Morgan fingerprint density at radius 2 is 1.78 bits per heavy atom. The molecule has 1 N–H and O–H groups in total. The van der Waals surface area contributed by atoms with E-state index in [4.69, 9.17) is 4.74 Å². The molecule has 3 aliphatic rings. The summed E-state index contributed by atoms with van der Waals surface area (Å²) in [7, 11) is 1.65. The number of likely N-dealkylation sites (tertiary alicyclic amines) is 1. The summed E-state index contributed by atoms with van der Waals surface area (Å²) in [6, 6.07) is 15.2. The molecule has 0 aliphatic carbocycles. The number of amides is 3. The third kappa shape index (κ3) is 4.34. The third-order valence-electron chi connectivity index (χ3n) is 7.87. The zero-order valence-electron chi connectivity index (χ0n) is 21.0. The van der Waals surface area contributed by atoms with Crippen molar-refractivity contribution in [2.24, 2.45) is 0 Å². The molecule has 8 heteroatoms. The summed E-state index contributed by atoms with van der Waals surface area (Å²) in [5.74, 6) is 0.344. The van der Waals surface area contributed by atoms with Crippen molar-refractivity contribution in [2.45, 2.75) is 50.7 Å². The van der Waals surface area contributed by atoms with Crippen molar-refractivity contribution in [3.8, 4) is 5.75 Å². The first-order chi connectivity index (χ1) is 17.4. The fourth-order valence-electron chi connectivity index (χ4n) is 5.87. The molecule has 0 spiro atoms. The van der Waals surface area contributed by atoms with Crippen LogP contribution in [0.4, 0.5) is 5.69 Å². The third-order valence-corrected chi connectivity index (χ3v) is 7.87. The molecule has 3 amide bonds. The first-order valence-corrected chi connectivity index (χ1v) is 12.8. The van der Waals surface area contributed by atoms with Crippen molar-refractivity contribution >= 4 is 23.4 Å². The zero-order valence-corrected chi connectivity index (χ0v) is 21.0. The lowest BCUT2D eigenvalue weighted by atomic mass is 9.98. The van der Waals surface area contributed by atoms with Crippen LogP contribution in [0.25, 0.3) is 0 Å². The van der Waals surface area contributed by atoms with Crippen LogP contribution in [-0.4, -0.2) is 66.5 Å². The minimum absolute atomic E-state index is 0.0208. The van der Waals surface area contributed by atoms with E-state index in [2.05, 4.69) is 22.3 Å². The highest BCUT2D eigenvalue weighted by Crippen LogP contribution is 2.43. The van der Waals surface area contributed by atoms with Gasteiger partial charge in [-0.15, -0.1) is 0 Å². The maximum atomic E-state index is 13.5. The van der Waals surface area contributed by atoms with Crippen LogP contribution in [0.3, 0.4) is 0 Å². The van der Waals surface area contributed by atoms with Crippen LogP contribution >= 0.6 is 0 Å². The lowest BCUT2D eigenvalue weighted by molar-refractivity contribution is -0.124. The average molecular weight is 491 g/mol. The van der Waals surface area contributed by atoms with Crippen molar-refractivity contribution in [1.82, 2.24) is 15.1 Å². The van der Waals surface area contributed by atoms with Crippen LogP contribution in [0.5, 0.6) is 5.75 Å². The smallest absolute Gasteiger partial charge is 0.258 e. The summed E-state index contributed by atoms with van der Waals surface area (Å²) in [6.45, 7) is 4.21. The normalized spacial score (nSPS) is 22.7. The van der Waals surface area contributed by atoms with Gasteiger partial charge in [0.2, 0.25) is 11.8 Å². The van der Waals surface area contributed by atoms with Gasteiger partial charge in [-0.2, -0.15) is 0 Å². The number of hydrogen-bond donors (Lipinski definition) is 1. The van der Waals surface area contributed by atoms with Crippen molar-refractivity contribution in [2.75, 3.05) is 38.2 Å². The molecule has 2 aromatic carbocycles. The molecule has 0 aromatic heterocycles. The van der Waals surface area contributed by atoms with Gasteiger partial charge in [-0.1, -0.05) is 30.7 Å². The summed E-state index contributed by atoms with van der Waals surface area (Å²) >= 11 is 0. The lowest BCUT2D eigenvalue weighted by Gasteiger charge is -2.48. The fourth-order valence-corrected chi connectivity index (χ4v) is 5.87. The van der Waals surface area contributed by atoms with E-state index < -0.39 is 5.66 Å². The van der Waals surface area contributed by atoms with Gasteiger partial charge in [0.25, 0.3) is 5.91 Å². The van der Waals surface area contributed by atoms with Crippen LogP contribution in [0.2, 0.25) is 0 Å². The Labute approximate surface area is 212 Å². The van der Waals surface area contributed by atoms with Gasteiger partial charge in [0.1, 0.15) is 18.0 Å². The first kappa shape index (κ1) is 24.3. The number of nitrogens with zero attached hydrogens (tertiary/aromatic N) is 3. The Morgan fingerprint density at radius 3 is 2.50 bits per heavy atom. The number of anilines is 1. The topological polar surface area (TPSA) is 82.2 Å². The molecular formula is C28H34N4O4. The van der Waals surface area contributed by atoms with Gasteiger partial charge in [0.15, 0.2) is 0 Å². The monoisotopic (exact) mass is 490 g/mol. The van der Waals surface area contributed by atoms with Crippen LogP contribution in [0, 0.1) is 0 Å². The molecule has 8 nitrogen and oxygen atoms in total. The number of fused-ring (bicyclic) bond motifs is 3. The highest BCUT2D eigenvalue weighted by Gasteiger charge is 2.53. The van der Waals surface area contributed by atoms with Gasteiger partial charge >= 0.3 is 0 Å². The molecule has 2 fully saturated rings. The van der Waals surface area contributed by atoms with Gasteiger partial charge in [-0.05, 0) is 69.1 Å². The van der Waals surface area contributed by atoms with E-state index in [9.17, 15) is 14.4 Å². The molecule has 0 radical (unpaired) electrons. The van der Waals surface area contributed by atoms with Crippen LogP contribution in [0.1, 0.15) is 61.0 Å². The van der Waals surface area contributed by atoms with Gasteiger partial charge in [-0.25, -0.2) is 0 Å². The molecule has 2 aromatic rings. The van der Waals surface area contributed by atoms with Crippen molar-refractivity contribution < 1.29 is 19.1 Å². The summed E-state index contributed by atoms with van der Waals surface area (Å²) in [6.07, 6.45) is 4.37. The number of ether oxygens (including phenoxy) is 1. The number of carbonyl (C=O) groups is 3. The molecule has 2 atom stereocenters. The molecule has 3 heterocycles. The molecule has 190 valence electrons. The molecule has 0 saturated carbocycles. The second kappa shape index (κ2) is 9.93. The SMILES string of the molecule is COc1ccc(C(CNC(=O)CN2C(=O)c3ccccc3N3C(=O)CCC23C)N2CCCCC2)cc1. The second-order valence-corrected chi connectivity index (χ2v) is 10.0. The quantitative estimate of drug-likeness (QED) is 0.644. The van der Waals surface area contributed by atoms with Gasteiger partial charge in [0.05, 0.1) is 24.4 Å². The van der Waals surface area contributed by atoms with Gasteiger partial charge < -0.3 is 15.0 Å². The number of para-hydroxylation sites is 1. The molecule has 2 saturated heterocycles. The highest BCUT2D eigenvalue weighted by atomic mass is 16.5. The number of rotatable bonds is 7. The number of carbonyl (C=O) groups excluding carboxylic acids is 3. The molecule has 36 heavy (non-hydrogen) atoms. The summed E-state index contributed by atoms with van der Waals surface area (Å²) in [5, 5.41) is 3.10. The largest absolute Gasteiger partial charge is 0.497 e. The number of hydrogen-bond acceptors (Lipinski definition) is 5. The highest BCUT2D eigenvalue weighted by molar-refractivity contribution is 6.11. The van der Waals surface area contributed by atoms with Crippen molar-refractivity contribution in [3.63, 3.8) is 0 Å². The predicted molar refractivity (Wildman–Crippen MR) is 137 cm³/mol. The first-order valence-electron chi connectivity index (χ1n) is 12.8. The Morgan fingerprint density at radius 1 is 1.06 bits per heavy atom.